The maximum Gasteiger partial charge on any atom is 0.243 e. The van der Waals surface area contributed by atoms with Crippen molar-refractivity contribution in [2.75, 3.05) is 31.7 Å². The van der Waals surface area contributed by atoms with Gasteiger partial charge in [0.15, 0.2) is 0 Å². The molecule has 8 heteroatoms. The van der Waals surface area contributed by atoms with Crippen LogP contribution in [0.3, 0.4) is 0 Å². The van der Waals surface area contributed by atoms with Crippen LogP contribution in [0.15, 0.2) is 40.6 Å². The molecule has 1 aromatic heterocycles. The van der Waals surface area contributed by atoms with Crippen LogP contribution in [-0.2, 0) is 32.5 Å². The van der Waals surface area contributed by atoms with Gasteiger partial charge in [-0.05, 0) is 48.1 Å². The van der Waals surface area contributed by atoms with Gasteiger partial charge >= 0.3 is 0 Å². The zero-order valence-electron chi connectivity index (χ0n) is 15.6. The Morgan fingerprint density at radius 2 is 2.15 bits per heavy atom. The molecule has 0 fully saturated rings. The number of benzene rings is 1. The molecular formula is C19H24N2O4S2. The average Bonchev–Trinajstić information content (AvgIpc) is 3.17. The maximum absolute atomic E-state index is 13.3. The molecule has 27 heavy (non-hydrogen) atoms. The second kappa shape index (κ2) is 8.52. The number of thiophene rings is 1. The van der Waals surface area contributed by atoms with Gasteiger partial charge in [0.2, 0.25) is 15.9 Å². The van der Waals surface area contributed by atoms with Crippen LogP contribution in [0.4, 0.5) is 5.69 Å². The largest absolute Gasteiger partial charge is 0.383 e. The topological polar surface area (TPSA) is 66.9 Å². The van der Waals surface area contributed by atoms with Crippen LogP contribution in [0.25, 0.3) is 0 Å². The number of aryl methyl sites for hydroxylation is 1. The van der Waals surface area contributed by atoms with Gasteiger partial charge < -0.3 is 9.64 Å². The first-order valence-electron chi connectivity index (χ1n) is 8.86. The van der Waals surface area contributed by atoms with Crippen molar-refractivity contribution >= 4 is 33.0 Å². The summed E-state index contributed by atoms with van der Waals surface area (Å²) in [6, 6.07) is 8.91. The maximum atomic E-state index is 13.3. The van der Waals surface area contributed by atoms with Gasteiger partial charge in [0, 0.05) is 44.2 Å². The number of carbonyl (C=O) groups excluding carboxylic acids is 1. The molecule has 1 amide bonds. The Balaban J connectivity index is 1.93. The number of amides is 1. The quantitative estimate of drug-likeness (QED) is 0.707. The highest BCUT2D eigenvalue weighted by Crippen LogP contribution is 2.31. The zero-order valence-corrected chi connectivity index (χ0v) is 17.2. The Hall–Kier alpha value is -1.74. The summed E-state index contributed by atoms with van der Waals surface area (Å²) >= 11 is 1.53. The van der Waals surface area contributed by atoms with Crippen molar-refractivity contribution in [3.63, 3.8) is 0 Å². The van der Waals surface area contributed by atoms with Crippen LogP contribution in [0, 0.1) is 0 Å². The molecule has 2 heterocycles. The lowest BCUT2D eigenvalue weighted by atomic mass is 10.0. The van der Waals surface area contributed by atoms with Crippen LogP contribution in [-0.4, -0.2) is 45.4 Å². The lowest BCUT2D eigenvalue weighted by Gasteiger charge is -2.29. The fourth-order valence-corrected chi connectivity index (χ4v) is 5.52. The number of nitrogens with zero attached hydrogens (tertiary/aromatic N) is 2. The minimum absolute atomic E-state index is 0.0222. The van der Waals surface area contributed by atoms with Crippen molar-refractivity contribution in [1.82, 2.24) is 4.31 Å². The van der Waals surface area contributed by atoms with E-state index in [1.165, 1.54) is 22.6 Å². The SMILES string of the molecule is COCCN(Cc1cccs1)S(=O)(=O)c1ccc2c(c1)CCCN2C(C)=O. The van der Waals surface area contributed by atoms with Gasteiger partial charge in [0.05, 0.1) is 11.5 Å². The lowest BCUT2D eigenvalue weighted by molar-refractivity contribution is -0.116. The predicted molar refractivity (Wildman–Crippen MR) is 107 cm³/mol. The monoisotopic (exact) mass is 408 g/mol. The van der Waals surface area contributed by atoms with Crippen LogP contribution < -0.4 is 4.90 Å². The van der Waals surface area contributed by atoms with E-state index in [1.807, 2.05) is 17.5 Å². The van der Waals surface area contributed by atoms with Crippen molar-refractivity contribution in [2.45, 2.75) is 31.2 Å². The van der Waals surface area contributed by atoms with Gasteiger partial charge in [-0.1, -0.05) is 6.07 Å². The highest BCUT2D eigenvalue weighted by molar-refractivity contribution is 7.89. The van der Waals surface area contributed by atoms with E-state index in [0.29, 0.717) is 19.7 Å². The summed E-state index contributed by atoms with van der Waals surface area (Å²) in [6.45, 7) is 3.14. The number of rotatable bonds is 7. The van der Waals surface area contributed by atoms with Gasteiger partial charge in [0.1, 0.15) is 0 Å². The van der Waals surface area contributed by atoms with E-state index in [0.717, 1.165) is 29.0 Å². The standard InChI is InChI=1S/C19H24N2O4S2/c1-15(22)21-9-3-5-16-13-18(7-8-19(16)21)27(23,24)20(10-11-25-2)14-17-6-4-12-26-17/h4,6-8,12-13H,3,5,9-11,14H2,1-2H3. The third kappa shape index (κ3) is 4.40. The molecule has 0 saturated heterocycles. The fourth-order valence-electron chi connectivity index (χ4n) is 3.26. The minimum atomic E-state index is -3.66. The Morgan fingerprint density at radius 3 is 2.81 bits per heavy atom. The van der Waals surface area contributed by atoms with Crippen LogP contribution in [0.5, 0.6) is 0 Å². The molecule has 1 aliphatic rings. The Bertz CT molecular complexity index is 894. The molecule has 0 aliphatic carbocycles. The molecular weight excluding hydrogens is 384 g/mol. The summed E-state index contributed by atoms with van der Waals surface area (Å²) in [6.07, 6.45) is 1.60. The number of ether oxygens (including phenoxy) is 1. The molecule has 0 spiro atoms. The van der Waals surface area contributed by atoms with Gasteiger partial charge in [-0.2, -0.15) is 4.31 Å². The molecule has 2 aromatic rings. The number of methoxy groups -OCH3 is 1. The lowest BCUT2D eigenvalue weighted by Crippen LogP contribution is -2.35. The number of carbonyl (C=O) groups is 1. The Kier molecular flexibility index (Phi) is 6.31. The number of sulfonamides is 1. The van der Waals surface area contributed by atoms with Crippen LogP contribution in [0.2, 0.25) is 0 Å². The summed E-state index contributed by atoms with van der Waals surface area (Å²) in [5, 5.41) is 1.94. The molecule has 0 saturated carbocycles. The van der Waals surface area contributed by atoms with Gasteiger partial charge in [-0.25, -0.2) is 8.42 Å². The molecule has 146 valence electrons. The van der Waals surface area contributed by atoms with Gasteiger partial charge in [-0.15, -0.1) is 11.3 Å². The second-order valence-electron chi connectivity index (χ2n) is 6.48. The Morgan fingerprint density at radius 1 is 1.33 bits per heavy atom. The minimum Gasteiger partial charge on any atom is -0.383 e. The molecule has 3 rings (SSSR count). The van der Waals surface area contributed by atoms with Gasteiger partial charge in [0.25, 0.3) is 0 Å². The highest BCUT2D eigenvalue weighted by Gasteiger charge is 2.27. The first-order chi connectivity index (χ1) is 12.9. The van der Waals surface area contributed by atoms with Crippen molar-refractivity contribution in [3.05, 3.63) is 46.2 Å². The third-order valence-electron chi connectivity index (χ3n) is 4.64. The molecule has 1 aliphatic heterocycles. The summed E-state index contributed by atoms with van der Waals surface area (Å²) < 4.78 is 33.1. The van der Waals surface area contributed by atoms with Crippen molar-refractivity contribution in [2.24, 2.45) is 0 Å². The van der Waals surface area contributed by atoms with Crippen molar-refractivity contribution in [3.8, 4) is 0 Å². The third-order valence-corrected chi connectivity index (χ3v) is 7.35. The zero-order chi connectivity index (χ0) is 19.4. The molecule has 0 bridgehead atoms. The van der Waals surface area contributed by atoms with E-state index >= 15 is 0 Å². The predicted octanol–water partition coefficient (Wildman–Crippen LogP) is 2.88. The Labute approximate surface area is 164 Å². The molecule has 0 radical (unpaired) electrons. The van der Waals surface area contributed by atoms with E-state index < -0.39 is 10.0 Å². The van der Waals surface area contributed by atoms with Gasteiger partial charge in [-0.3, -0.25) is 4.79 Å². The normalized spacial score (nSPS) is 14.4. The number of fused-ring (bicyclic) bond motifs is 1. The second-order valence-corrected chi connectivity index (χ2v) is 9.45. The summed E-state index contributed by atoms with van der Waals surface area (Å²) in [5.41, 5.74) is 1.72. The molecule has 0 N–H and O–H groups in total. The average molecular weight is 409 g/mol. The number of anilines is 1. The molecule has 6 nitrogen and oxygen atoms in total. The summed E-state index contributed by atoms with van der Waals surface area (Å²) in [5.74, 6) is -0.0222. The van der Waals surface area contributed by atoms with Crippen LogP contribution >= 0.6 is 11.3 Å². The first kappa shape index (κ1) is 20.0. The van der Waals surface area contributed by atoms with E-state index in [1.54, 1.807) is 30.2 Å². The number of hydrogen-bond donors (Lipinski definition) is 0. The molecule has 1 aromatic carbocycles. The molecule has 0 unspecified atom stereocenters. The van der Waals surface area contributed by atoms with E-state index in [2.05, 4.69) is 0 Å². The van der Waals surface area contributed by atoms with E-state index in [9.17, 15) is 13.2 Å². The van der Waals surface area contributed by atoms with Crippen molar-refractivity contribution < 1.29 is 17.9 Å². The van der Waals surface area contributed by atoms with E-state index in [-0.39, 0.29) is 17.3 Å². The fraction of sp³-hybridized carbons (Fsp3) is 0.421. The first-order valence-corrected chi connectivity index (χ1v) is 11.2. The summed E-state index contributed by atoms with van der Waals surface area (Å²) in [4.78, 5) is 14.8. The smallest absolute Gasteiger partial charge is 0.243 e. The molecule has 0 atom stereocenters. The number of hydrogen-bond acceptors (Lipinski definition) is 5. The van der Waals surface area contributed by atoms with E-state index in [4.69, 9.17) is 4.74 Å². The van der Waals surface area contributed by atoms with Crippen molar-refractivity contribution in [1.29, 1.82) is 0 Å². The summed E-state index contributed by atoms with van der Waals surface area (Å²) in [7, 11) is -2.10. The van der Waals surface area contributed by atoms with Crippen LogP contribution in [0.1, 0.15) is 23.8 Å². The highest BCUT2D eigenvalue weighted by atomic mass is 32.2.